The molecule has 17 heavy (non-hydrogen) atoms. The van der Waals surface area contributed by atoms with Crippen molar-refractivity contribution in [1.29, 1.82) is 0 Å². The molecule has 102 valence electrons. The molecule has 0 rings (SSSR count). The monoisotopic (exact) mass is 247 g/mol. The molecule has 0 heterocycles. The van der Waals surface area contributed by atoms with Crippen LogP contribution in [0.5, 0.6) is 0 Å². The molecule has 5 nitrogen and oxygen atoms in total. The summed E-state index contributed by atoms with van der Waals surface area (Å²) in [6.07, 6.45) is 1.30. The topological polar surface area (TPSA) is 67.8 Å². The number of carboxylic acids is 1. The van der Waals surface area contributed by atoms with E-state index < -0.39 is 11.5 Å². The minimum atomic E-state index is -0.941. The lowest BCUT2D eigenvalue weighted by molar-refractivity contribution is -0.145. The SMILES string of the molecule is CCCOCCOC(C)CC(C)(NC)C(=O)O. The smallest absolute Gasteiger partial charge is 0.323 e. The zero-order valence-electron chi connectivity index (χ0n) is 11.3. The van der Waals surface area contributed by atoms with Crippen LogP contribution >= 0.6 is 0 Å². The number of rotatable bonds is 10. The van der Waals surface area contributed by atoms with Crippen LogP contribution in [0.4, 0.5) is 0 Å². The Labute approximate surface area is 103 Å². The predicted molar refractivity (Wildman–Crippen MR) is 66.2 cm³/mol. The van der Waals surface area contributed by atoms with Gasteiger partial charge in [0, 0.05) is 13.0 Å². The van der Waals surface area contributed by atoms with Gasteiger partial charge in [0.15, 0.2) is 0 Å². The molecule has 0 fully saturated rings. The van der Waals surface area contributed by atoms with E-state index >= 15 is 0 Å². The van der Waals surface area contributed by atoms with Crippen molar-refractivity contribution in [2.75, 3.05) is 26.9 Å². The molecule has 2 atom stereocenters. The summed E-state index contributed by atoms with van der Waals surface area (Å²) in [7, 11) is 1.64. The lowest BCUT2D eigenvalue weighted by Crippen LogP contribution is -2.49. The van der Waals surface area contributed by atoms with Crippen LogP contribution < -0.4 is 5.32 Å². The molecule has 0 amide bonds. The maximum absolute atomic E-state index is 11.1. The number of aliphatic carboxylic acids is 1. The largest absolute Gasteiger partial charge is 0.480 e. The second-order valence-corrected chi connectivity index (χ2v) is 4.39. The summed E-state index contributed by atoms with van der Waals surface area (Å²) in [5.74, 6) is -0.863. The Hall–Kier alpha value is -0.650. The molecule has 0 spiro atoms. The highest BCUT2D eigenvalue weighted by Crippen LogP contribution is 2.14. The number of hydrogen-bond acceptors (Lipinski definition) is 4. The van der Waals surface area contributed by atoms with Crippen molar-refractivity contribution in [2.45, 2.75) is 45.3 Å². The van der Waals surface area contributed by atoms with E-state index in [1.165, 1.54) is 0 Å². The van der Waals surface area contributed by atoms with Gasteiger partial charge in [0.05, 0.1) is 19.3 Å². The second kappa shape index (κ2) is 8.44. The zero-order chi connectivity index (χ0) is 13.3. The first kappa shape index (κ1) is 16.4. The average molecular weight is 247 g/mol. The summed E-state index contributed by atoms with van der Waals surface area (Å²) in [6, 6.07) is 0. The fourth-order valence-corrected chi connectivity index (χ4v) is 1.48. The lowest BCUT2D eigenvalue weighted by Gasteiger charge is -2.27. The average Bonchev–Trinajstić information content (AvgIpc) is 2.28. The molecule has 0 aromatic heterocycles. The van der Waals surface area contributed by atoms with Gasteiger partial charge in [-0.1, -0.05) is 6.92 Å². The molecular formula is C12H25NO4. The van der Waals surface area contributed by atoms with E-state index in [1.54, 1.807) is 14.0 Å². The fraction of sp³-hybridized carbons (Fsp3) is 0.917. The van der Waals surface area contributed by atoms with Crippen molar-refractivity contribution in [3.05, 3.63) is 0 Å². The van der Waals surface area contributed by atoms with Crippen LogP contribution in [0.3, 0.4) is 0 Å². The fourth-order valence-electron chi connectivity index (χ4n) is 1.48. The summed E-state index contributed by atoms with van der Waals surface area (Å²) in [5.41, 5.74) is -0.941. The summed E-state index contributed by atoms with van der Waals surface area (Å²) in [6.45, 7) is 7.37. The summed E-state index contributed by atoms with van der Waals surface area (Å²) >= 11 is 0. The second-order valence-electron chi connectivity index (χ2n) is 4.39. The highest BCUT2D eigenvalue weighted by molar-refractivity contribution is 5.78. The van der Waals surface area contributed by atoms with Gasteiger partial charge in [-0.3, -0.25) is 4.79 Å². The molecule has 0 bridgehead atoms. The van der Waals surface area contributed by atoms with E-state index in [1.807, 2.05) is 6.92 Å². The van der Waals surface area contributed by atoms with E-state index in [0.29, 0.717) is 19.6 Å². The Bertz CT molecular complexity index is 223. The normalized spacial score (nSPS) is 16.5. The van der Waals surface area contributed by atoms with Crippen LogP contribution in [0.25, 0.3) is 0 Å². The first-order valence-electron chi connectivity index (χ1n) is 6.08. The number of hydrogen-bond donors (Lipinski definition) is 2. The Morgan fingerprint density at radius 2 is 2.06 bits per heavy atom. The zero-order valence-corrected chi connectivity index (χ0v) is 11.3. The van der Waals surface area contributed by atoms with Gasteiger partial charge < -0.3 is 19.9 Å². The van der Waals surface area contributed by atoms with Gasteiger partial charge in [-0.15, -0.1) is 0 Å². The van der Waals surface area contributed by atoms with E-state index in [9.17, 15) is 4.79 Å². The first-order valence-corrected chi connectivity index (χ1v) is 6.08. The van der Waals surface area contributed by atoms with Crippen LogP contribution in [0.1, 0.15) is 33.6 Å². The first-order chi connectivity index (χ1) is 7.96. The van der Waals surface area contributed by atoms with E-state index in [2.05, 4.69) is 12.2 Å². The van der Waals surface area contributed by atoms with E-state index in [0.717, 1.165) is 13.0 Å². The molecule has 5 heteroatoms. The summed E-state index contributed by atoms with van der Waals surface area (Å²) in [5, 5.41) is 11.9. The number of ether oxygens (including phenoxy) is 2. The maximum atomic E-state index is 11.1. The van der Waals surface area contributed by atoms with Crippen molar-refractivity contribution in [1.82, 2.24) is 5.32 Å². The summed E-state index contributed by atoms with van der Waals surface area (Å²) < 4.78 is 10.8. The number of likely N-dealkylation sites (N-methyl/N-ethyl adjacent to an activating group) is 1. The van der Waals surface area contributed by atoms with Crippen LogP contribution in [0.2, 0.25) is 0 Å². The molecule has 0 saturated carbocycles. The van der Waals surface area contributed by atoms with Crippen LogP contribution in [-0.4, -0.2) is 49.6 Å². The molecule has 0 saturated heterocycles. The third kappa shape index (κ3) is 6.61. The molecule has 0 aromatic rings. The van der Waals surface area contributed by atoms with E-state index in [4.69, 9.17) is 14.6 Å². The molecule has 0 aliphatic rings. The van der Waals surface area contributed by atoms with Gasteiger partial charge in [-0.25, -0.2) is 0 Å². The molecular weight excluding hydrogens is 222 g/mol. The van der Waals surface area contributed by atoms with Crippen LogP contribution in [-0.2, 0) is 14.3 Å². The Kier molecular flexibility index (Phi) is 8.12. The molecule has 2 unspecified atom stereocenters. The predicted octanol–water partition coefficient (Wildman–Crippen LogP) is 1.27. The van der Waals surface area contributed by atoms with Gasteiger partial charge in [-0.05, 0) is 27.3 Å². The van der Waals surface area contributed by atoms with Crippen molar-refractivity contribution in [3.8, 4) is 0 Å². The molecule has 0 aliphatic heterocycles. The minimum absolute atomic E-state index is 0.117. The van der Waals surface area contributed by atoms with Crippen molar-refractivity contribution >= 4 is 5.97 Å². The molecule has 2 N–H and O–H groups in total. The molecule has 0 aromatic carbocycles. The minimum Gasteiger partial charge on any atom is -0.480 e. The number of carboxylic acid groups (broad SMARTS) is 1. The molecule has 0 radical (unpaired) electrons. The third-order valence-electron chi connectivity index (χ3n) is 2.70. The highest BCUT2D eigenvalue weighted by Gasteiger charge is 2.33. The number of carbonyl (C=O) groups is 1. The van der Waals surface area contributed by atoms with Gasteiger partial charge in [0.25, 0.3) is 0 Å². The standard InChI is InChI=1S/C12H25NO4/c1-5-6-16-7-8-17-10(2)9-12(3,13-4)11(14)15/h10,13H,5-9H2,1-4H3,(H,14,15). The van der Waals surface area contributed by atoms with Gasteiger partial charge in [-0.2, -0.15) is 0 Å². The molecule has 0 aliphatic carbocycles. The Morgan fingerprint density at radius 3 is 2.53 bits per heavy atom. The van der Waals surface area contributed by atoms with Crippen LogP contribution in [0.15, 0.2) is 0 Å². The van der Waals surface area contributed by atoms with Gasteiger partial charge in [0.1, 0.15) is 5.54 Å². The highest BCUT2D eigenvalue weighted by atomic mass is 16.5. The maximum Gasteiger partial charge on any atom is 0.323 e. The Balaban J connectivity index is 3.84. The lowest BCUT2D eigenvalue weighted by atomic mass is 9.95. The van der Waals surface area contributed by atoms with Gasteiger partial charge in [0.2, 0.25) is 0 Å². The number of nitrogens with one attached hydrogen (secondary N) is 1. The van der Waals surface area contributed by atoms with Gasteiger partial charge >= 0.3 is 5.97 Å². The van der Waals surface area contributed by atoms with E-state index in [-0.39, 0.29) is 6.10 Å². The van der Waals surface area contributed by atoms with Crippen molar-refractivity contribution < 1.29 is 19.4 Å². The third-order valence-corrected chi connectivity index (χ3v) is 2.70. The van der Waals surface area contributed by atoms with Crippen molar-refractivity contribution in [3.63, 3.8) is 0 Å². The quantitative estimate of drug-likeness (QED) is 0.569. The van der Waals surface area contributed by atoms with Crippen LogP contribution in [0, 0.1) is 0 Å². The van der Waals surface area contributed by atoms with Crippen molar-refractivity contribution in [2.24, 2.45) is 0 Å². The Morgan fingerprint density at radius 1 is 1.41 bits per heavy atom. The summed E-state index contributed by atoms with van der Waals surface area (Å²) in [4.78, 5) is 11.1.